The maximum atomic E-state index is 6.37. The predicted molar refractivity (Wildman–Crippen MR) is 178 cm³/mol. The number of fused-ring (bicyclic) bond motifs is 4. The second kappa shape index (κ2) is 10.6. The molecule has 8 nitrogen and oxygen atoms in total. The molecular weight excluding hydrogens is 572 g/mol. The van der Waals surface area contributed by atoms with Gasteiger partial charge in [-0.05, 0) is 72.8 Å². The van der Waals surface area contributed by atoms with Gasteiger partial charge in [-0.1, -0.05) is 48.5 Å². The minimum absolute atomic E-state index is 0.579. The summed E-state index contributed by atoms with van der Waals surface area (Å²) in [7, 11) is 0. The van der Waals surface area contributed by atoms with E-state index in [0.29, 0.717) is 11.6 Å². The lowest BCUT2D eigenvalue weighted by Crippen LogP contribution is -2.19. The van der Waals surface area contributed by atoms with Gasteiger partial charge < -0.3 is 19.3 Å². The van der Waals surface area contributed by atoms with E-state index in [0.717, 1.165) is 68.2 Å². The van der Waals surface area contributed by atoms with Gasteiger partial charge in [0, 0.05) is 35.9 Å². The second-order valence-electron chi connectivity index (χ2n) is 10.8. The van der Waals surface area contributed by atoms with E-state index < -0.39 is 0 Å². The standard InChI is InChI=1S/C38H24N6O2/c1-5-15-33-27(11-1)43(28-12-2-6-16-34(28)45-33)31-23-26(38-41-21-10-22-42-38)32(24-25(31)37-39-19-9-20-40-37)44-29-13-3-7-17-35(29)46-36-18-8-4-14-30(36)44/h1-24H. The lowest BCUT2D eigenvalue weighted by molar-refractivity contribution is 0.476. The lowest BCUT2D eigenvalue weighted by atomic mass is 9.99. The molecule has 0 bridgehead atoms. The van der Waals surface area contributed by atoms with Crippen molar-refractivity contribution in [2.45, 2.75) is 0 Å². The molecule has 0 saturated heterocycles. The summed E-state index contributed by atoms with van der Waals surface area (Å²) >= 11 is 0. The van der Waals surface area contributed by atoms with E-state index in [1.165, 1.54) is 0 Å². The van der Waals surface area contributed by atoms with Gasteiger partial charge in [0.05, 0.1) is 34.1 Å². The number of benzene rings is 5. The number of rotatable bonds is 4. The van der Waals surface area contributed by atoms with Gasteiger partial charge in [-0.15, -0.1) is 0 Å². The highest BCUT2D eigenvalue weighted by atomic mass is 16.5. The average Bonchev–Trinajstić information content (AvgIpc) is 3.13. The smallest absolute Gasteiger partial charge is 0.161 e. The Hall–Kier alpha value is -6.54. The molecule has 2 aromatic heterocycles. The minimum Gasteiger partial charge on any atom is -0.453 e. The van der Waals surface area contributed by atoms with Crippen molar-refractivity contribution in [2.24, 2.45) is 0 Å². The van der Waals surface area contributed by atoms with Crippen LogP contribution in [-0.2, 0) is 0 Å². The third-order valence-electron chi connectivity index (χ3n) is 8.07. The molecule has 0 atom stereocenters. The zero-order valence-electron chi connectivity index (χ0n) is 24.4. The van der Waals surface area contributed by atoms with Gasteiger partial charge in [0.15, 0.2) is 34.6 Å². The fourth-order valence-electron chi connectivity index (χ4n) is 6.11. The third-order valence-corrected chi connectivity index (χ3v) is 8.07. The molecule has 0 amide bonds. The van der Waals surface area contributed by atoms with Crippen LogP contribution in [0, 0.1) is 0 Å². The van der Waals surface area contributed by atoms with Crippen LogP contribution >= 0.6 is 0 Å². The number of ether oxygens (including phenoxy) is 2. The summed E-state index contributed by atoms with van der Waals surface area (Å²) in [5.41, 5.74) is 6.94. The van der Waals surface area contributed by atoms with E-state index >= 15 is 0 Å². The maximum Gasteiger partial charge on any atom is 0.161 e. The molecule has 0 radical (unpaired) electrons. The number of nitrogens with zero attached hydrogens (tertiary/aromatic N) is 6. The summed E-state index contributed by atoms with van der Waals surface area (Å²) in [6.45, 7) is 0. The highest BCUT2D eigenvalue weighted by molar-refractivity contribution is 6.00. The van der Waals surface area contributed by atoms with Crippen LogP contribution in [-0.4, -0.2) is 19.9 Å². The maximum absolute atomic E-state index is 6.37. The Morgan fingerprint density at radius 1 is 0.348 bits per heavy atom. The van der Waals surface area contributed by atoms with E-state index in [4.69, 9.17) is 29.4 Å². The fraction of sp³-hybridized carbons (Fsp3) is 0. The Morgan fingerprint density at radius 2 is 0.652 bits per heavy atom. The summed E-state index contributed by atoms with van der Waals surface area (Å²) in [6, 6.07) is 40.0. The van der Waals surface area contributed by atoms with Crippen LogP contribution < -0.4 is 19.3 Å². The Balaban J connectivity index is 1.39. The first-order chi connectivity index (χ1) is 22.8. The van der Waals surface area contributed by atoms with Crippen LogP contribution in [0.4, 0.5) is 34.1 Å². The number of anilines is 6. The topological polar surface area (TPSA) is 76.5 Å². The Morgan fingerprint density at radius 3 is 0.978 bits per heavy atom. The molecule has 2 aliphatic rings. The monoisotopic (exact) mass is 596 g/mol. The molecule has 0 saturated carbocycles. The molecule has 46 heavy (non-hydrogen) atoms. The molecule has 0 N–H and O–H groups in total. The Kier molecular flexibility index (Phi) is 5.95. The summed E-state index contributed by atoms with van der Waals surface area (Å²) in [6.07, 6.45) is 7.06. The van der Waals surface area contributed by atoms with Gasteiger partial charge in [0.25, 0.3) is 0 Å². The van der Waals surface area contributed by atoms with Crippen molar-refractivity contribution in [1.82, 2.24) is 19.9 Å². The normalized spacial score (nSPS) is 12.6. The molecule has 0 fully saturated rings. The first kappa shape index (κ1) is 25.9. The molecule has 0 spiro atoms. The number of hydrogen-bond acceptors (Lipinski definition) is 8. The van der Waals surface area contributed by atoms with Crippen molar-refractivity contribution in [2.75, 3.05) is 9.80 Å². The van der Waals surface area contributed by atoms with E-state index in [9.17, 15) is 0 Å². The van der Waals surface area contributed by atoms with Crippen molar-refractivity contribution in [3.8, 4) is 45.8 Å². The number of para-hydroxylation sites is 8. The molecule has 2 aliphatic heterocycles. The molecular formula is C38H24N6O2. The summed E-state index contributed by atoms with van der Waals surface area (Å²) in [5.74, 6) is 4.15. The van der Waals surface area contributed by atoms with Crippen LogP contribution in [0.3, 0.4) is 0 Å². The molecule has 218 valence electrons. The average molecular weight is 597 g/mol. The quantitative estimate of drug-likeness (QED) is 0.199. The number of hydrogen-bond donors (Lipinski definition) is 0. The van der Waals surface area contributed by atoms with Crippen molar-refractivity contribution < 1.29 is 9.47 Å². The molecule has 0 aliphatic carbocycles. The molecule has 9 rings (SSSR count). The molecule has 4 heterocycles. The van der Waals surface area contributed by atoms with Gasteiger partial charge >= 0.3 is 0 Å². The zero-order chi connectivity index (χ0) is 30.5. The first-order valence-electron chi connectivity index (χ1n) is 14.9. The summed E-state index contributed by atoms with van der Waals surface area (Å²) < 4.78 is 12.7. The zero-order valence-corrected chi connectivity index (χ0v) is 24.4. The molecule has 0 unspecified atom stereocenters. The molecule has 8 heteroatoms. The Labute approximate surface area is 264 Å². The first-order valence-corrected chi connectivity index (χ1v) is 14.9. The SMILES string of the molecule is c1cnc(-c2cc(N3c4ccccc4Oc4ccccc43)c(-c3ncccn3)cc2N2c3ccccc3Oc3ccccc32)nc1. The van der Waals surface area contributed by atoms with Gasteiger partial charge in [-0.25, -0.2) is 19.9 Å². The largest absolute Gasteiger partial charge is 0.453 e. The fourth-order valence-corrected chi connectivity index (χ4v) is 6.11. The summed E-state index contributed by atoms with van der Waals surface area (Å²) in [4.78, 5) is 23.4. The van der Waals surface area contributed by atoms with E-state index in [1.807, 2.05) is 84.9 Å². The van der Waals surface area contributed by atoms with Crippen LogP contribution in [0.2, 0.25) is 0 Å². The van der Waals surface area contributed by atoms with Crippen LogP contribution in [0.15, 0.2) is 146 Å². The van der Waals surface area contributed by atoms with Crippen molar-refractivity contribution in [3.63, 3.8) is 0 Å². The van der Waals surface area contributed by atoms with Crippen LogP contribution in [0.5, 0.6) is 23.0 Å². The van der Waals surface area contributed by atoms with Gasteiger partial charge in [-0.3, -0.25) is 0 Å². The molecule has 5 aromatic carbocycles. The minimum atomic E-state index is 0.579. The van der Waals surface area contributed by atoms with E-state index in [1.54, 1.807) is 24.8 Å². The second-order valence-corrected chi connectivity index (χ2v) is 10.8. The van der Waals surface area contributed by atoms with Crippen molar-refractivity contribution in [3.05, 3.63) is 146 Å². The van der Waals surface area contributed by atoms with Crippen LogP contribution in [0.1, 0.15) is 0 Å². The third kappa shape index (κ3) is 4.16. The number of aromatic nitrogens is 4. The molecule has 7 aromatic rings. The van der Waals surface area contributed by atoms with E-state index in [2.05, 4.69) is 46.2 Å². The highest BCUT2D eigenvalue weighted by Gasteiger charge is 2.33. The highest BCUT2D eigenvalue weighted by Crippen LogP contribution is 2.56. The van der Waals surface area contributed by atoms with E-state index in [-0.39, 0.29) is 0 Å². The van der Waals surface area contributed by atoms with Crippen LogP contribution in [0.25, 0.3) is 22.8 Å². The van der Waals surface area contributed by atoms with Crippen molar-refractivity contribution >= 4 is 34.1 Å². The van der Waals surface area contributed by atoms with Crippen molar-refractivity contribution in [1.29, 1.82) is 0 Å². The van der Waals surface area contributed by atoms with Gasteiger partial charge in [0.2, 0.25) is 0 Å². The van der Waals surface area contributed by atoms with Gasteiger partial charge in [-0.2, -0.15) is 0 Å². The Bertz CT molecular complexity index is 1990. The summed E-state index contributed by atoms with van der Waals surface area (Å²) in [5, 5.41) is 0. The predicted octanol–water partition coefficient (Wildman–Crippen LogP) is 9.75. The lowest BCUT2D eigenvalue weighted by Gasteiger charge is -2.36. The van der Waals surface area contributed by atoms with Gasteiger partial charge in [0.1, 0.15) is 0 Å².